The summed E-state index contributed by atoms with van der Waals surface area (Å²) in [6.07, 6.45) is 6.87. The predicted molar refractivity (Wildman–Crippen MR) is 63.2 cm³/mol. The zero-order chi connectivity index (χ0) is 11.8. The van der Waals surface area contributed by atoms with Crippen LogP contribution < -0.4 is 0 Å². The SMILES string of the molecule is CC(C)=CCCC(C)C/C=C(\C)[N+](=O)[O-]. The highest BCUT2D eigenvalue weighted by Gasteiger charge is 2.04. The highest BCUT2D eigenvalue weighted by molar-refractivity contribution is 4.93. The van der Waals surface area contributed by atoms with E-state index >= 15 is 0 Å². The first kappa shape index (κ1) is 13.9. The lowest BCUT2D eigenvalue weighted by molar-refractivity contribution is -0.424. The minimum Gasteiger partial charge on any atom is -0.259 e. The molecule has 3 nitrogen and oxygen atoms in total. The van der Waals surface area contributed by atoms with E-state index in [0.29, 0.717) is 5.92 Å². The van der Waals surface area contributed by atoms with Crippen molar-refractivity contribution in [3.63, 3.8) is 0 Å². The molecule has 1 unspecified atom stereocenters. The maximum atomic E-state index is 10.3. The number of nitro groups is 1. The molecule has 0 fully saturated rings. The summed E-state index contributed by atoms with van der Waals surface area (Å²) in [5.74, 6) is 0.510. The summed E-state index contributed by atoms with van der Waals surface area (Å²) in [7, 11) is 0. The van der Waals surface area contributed by atoms with E-state index in [0.717, 1.165) is 19.3 Å². The lowest BCUT2D eigenvalue weighted by Gasteiger charge is -2.05. The molecule has 0 amide bonds. The van der Waals surface area contributed by atoms with Gasteiger partial charge in [-0.1, -0.05) is 18.6 Å². The molecule has 0 aliphatic rings. The van der Waals surface area contributed by atoms with E-state index < -0.39 is 0 Å². The molecule has 0 bridgehead atoms. The monoisotopic (exact) mass is 211 g/mol. The Bertz CT molecular complexity index is 263. The molecule has 0 aromatic heterocycles. The van der Waals surface area contributed by atoms with Gasteiger partial charge in [0.05, 0.1) is 4.92 Å². The Labute approximate surface area is 92.0 Å². The fourth-order valence-corrected chi connectivity index (χ4v) is 1.22. The van der Waals surface area contributed by atoms with Crippen LogP contribution in [-0.2, 0) is 0 Å². The molecule has 0 aliphatic heterocycles. The van der Waals surface area contributed by atoms with Gasteiger partial charge in [-0.05, 0) is 45.1 Å². The van der Waals surface area contributed by atoms with E-state index in [-0.39, 0.29) is 10.6 Å². The molecule has 1 atom stereocenters. The minimum absolute atomic E-state index is 0.254. The molecule has 15 heavy (non-hydrogen) atoms. The van der Waals surface area contributed by atoms with Crippen LogP contribution in [0.2, 0.25) is 0 Å². The van der Waals surface area contributed by atoms with Crippen molar-refractivity contribution in [2.45, 2.75) is 47.0 Å². The largest absolute Gasteiger partial charge is 0.259 e. The summed E-state index contributed by atoms with van der Waals surface area (Å²) in [4.78, 5) is 10.0. The van der Waals surface area contributed by atoms with Gasteiger partial charge in [0.1, 0.15) is 0 Å². The van der Waals surface area contributed by atoms with Gasteiger partial charge in [-0.15, -0.1) is 0 Å². The van der Waals surface area contributed by atoms with Crippen molar-refractivity contribution in [2.24, 2.45) is 5.92 Å². The van der Waals surface area contributed by atoms with Crippen molar-refractivity contribution in [3.05, 3.63) is 33.5 Å². The molecule has 0 aromatic carbocycles. The van der Waals surface area contributed by atoms with Crippen molar-refractivity contribution in [2.75, 3.05) is 0 Å². The molecule has 0 N–H and O–H groups in total. The van der Waals surface area contributed by atoms with Crippen molar-refractivity contribution < 1.29 is 4.92 Å². The number of nitrogens with zero attached hydrogens (tertiary/aromatic N) is 1. The van der Waals surface area contributed by atoms with Crippen molar-refractivity contribution in [1.29, 1.82) is 0 Å². The molecule has 0 spiro atoms. The normalized spacial score (nSPS) is 13.5. The third-order valence-electron chi connectivity index (χ3n) is 2.32. The average molecular weight is 211 g/mol. The third-order valence-corrected chi connectivity index (χ3v) is 2.32. The smallest absolute Gasteiger partial charge is 0.239 e. The van der Waals surface area contributed by atoms with Gasteiger partial charge in [-0.2, -0.15) is 0 Å². The predicted octanol–water partition coefficient (Wildman–Crippen LogP) is 3.94. The third kappa shape index (κ3) is 7.91. The zero-order valence-corrected chi connectivity index (χ0v) is 10.1. The molecule has 0 aromatic rings. The van der Waals surface area contributed by atoms with E-state index in [2.05, 4.69) is 26.8 Å². The van der Waals surface area contributed by atoms with Gasteiger partial charge in [-0.3, -0.25) is 10.1 Å². The maximum Gasteiger partial charge on any atom is 0.239 e. The molecule has 86 valence electrons. The van der Waals surface area contributed by atoms with Crippen LogP contribution in [0, 0.1) is 16.0 Å². The van der Waals surface area contributed by atoms with Gasteiger partial charge >= 0.3 is 0 Å². The summed E-state index contributed by atoms with van der Waals surface area (Å²) in [5, 5.41) is 10.3. The molecular weight excluding hydrogens is 190 g/mol. The molecule has 0 radical (unpaired) electrons. The number of allylic oxidation sites excluding steroid dienone is 4. The summed E-state index contributed by atoms with van der Waals surface area (Å²) in [6, 6.07) is 0. The highest BCUT2D eigenvalue weighted by Crippen LogP contribution is 2.13. The maximum absolute atomic E-state index is 10.3. The van der Waals surface area contributed by atoms with Crippen LogP contribution in [0.3, 0.4) is 0 Å². The van der Waals surface area contributed by atoms with Gasteiger partial charge in [-0.25, -0.2) is 0 Å². The number of rotatable bonds is 6. The summed E-state index contributed by atoms with van der Waals surface area (Å²) in [6.45, 7) is 7.84. The first-order chi connectivity index (χ1) is 6.93. The Morgan fingerprint density at radius 1 is 1.33 bits per heavy atom. The molecule has 0 rings (SSSR count). The molecule has 0 saturated carbocycles. The average Bonchev–Trinajstić information content (AvgIpc) is 2.13. The fourth-order valence-electron chi connectivity index (χ4n) is 1.22. The second-order valence-corrected chi connectivity index (χ2v) is 4.30. The minimum atomic E-state index is -0.331. The van der Waals surface area contributed by atoms with Gasteiger partial charge < -0.3 is 0 Å². The highest BCUT2D eigenvalue weighted by atomic mass is 16.6. The standard InChI is InChI=1S/C12H21NO2/c1-10(2)6-5-7-11(3)8-9-12(4)13(14)15/h6,9,11H,5,7-8H2,1-4H3/b12-9+. The van der Waals surface area contributed by atoms with Crippen molar-refractivity contribution in [1.82, 2.24) is 0 Å². The molecule has 0 heterocycles. The summed E-state index contributed by atoms with van der Waals surface area (Å²) >= 11 is 0. The summed E-state index contributed by atoms with van der Waals surface area (Å²) in [5.41, 5.74) is 1.59. The lowest BCUT2D eigenvalue weighted by atomic mass is 10.0. The van der Waals surface area contributed by atoms with E-state index in [4.69, 9.17) is 0 Å². The first-order valence-electron chi connectivity index (χ1n) is 5.38. The molecular formula is C12H21NO2. The van der Waals surface area contributed by atoms with Crippen LogP contribution in [0.5, 0.6) is 0 Å². The van der Waals surface area contributed by atoms with E-state index in [9.17, 15) is 10.1 Å². The Balaban J connectivity index is 3.85. The van der Waals surface area contributed by atoms with Crippen molar-refractivity contribution in [3.8, 4) is 0 Å². The van der Waals surface area contributed by atoms with Crippen LogP contribution in [-0.4, -0.2) is 4.92 Å². The zero-order valence-electron chi connectivity index (χ0n) is 10.1. The van der Waals surface area contributed by atoms with Gasteiger partial charge in [0, 0.05) is 6.92 Å². The van der Waals surface area contributed by atoms with E-state index in [1.807, 2.05) is 0 Å². The number of hydrogen-bond acceptors (Lipinski definition) is 2. The Kier molecular flexibility index (Phi) is 6.67. The van der Waals surface area contributed by atoms with Crippen LogP contribution in [0.4, 0.5) is 0 Å². The van der Waals surface area contributed by atoms with Crippen LogP contribution >= 0.6 is 0 Å². The number of hydrogen-bond donors (Lipinski definition) is 0. The molecule has 0 aliphatic carbocycles. The van der Waals surface area contributed by atoms with Gasteiger partial charge in [0.15, 0.2) is 0 Å². The quantitative estimate of drug-likeness (QED) is 0.379. The Morgan fingerprint density at radius 2 is 1.93 bits per heavy atom. The van der Waals surface area contributed by atoms with Gasteiger partial charge in [0.25, 0.3) is 0 Å². The Morgan fingerprint density at radius 3 is 2.40 bits per heavy atom. The van der Waals surface area contributed by atoms with Gasteiger partial charge in [0.2, 0.25) is 5.70 Å². The summed E-state index contributed by atoms with van der Waals surface area (Å²) < 4.78 is 0. The van der Waals surface area contributed by atoms with E-state index in [1.165, 1.54) is 5.57 Å². The Hall–Kier alpha value is -1.12. The van der Waals surface area contributed by atoms with Crippen molar-refractivity contribution >= 4 is 0 Å². The van der Waals surface area contributed by atoms with Crippen LogP contribution in [0.1, 0.15) is 47.0 Å². The second kappa shape index (κ2) is 7.21. The van der Waals surface area contributed by atoms with E-state index in [1.54, 1.807) is 13.0 Å². The first-order valence-corrected chi connectivity index (χ1v) is 5.38. The molecule has 0 saturated heterocycles. The van der Waals surface area contributed by atoms with Crippen LogP contribution in [0.15, 0.2) is 23.4 Å². The topological polar surface area (TPSA) is 43.1 Å². The second-order valence-electron chi connectivity index (χ2n) is 4.30. The molecule has 3 heteroatoms. The lowest BCUT2D eigenvalue weighted by Crippen LogP contribution is -1.97. The van der Waals surface area contributed by atoms with Crippen LogP contribution in [0.25, 0.3) is 0 Å². The fraction of sp³-hybridized carbons (Fsp3) is 0.667.